The molecule has 2 heteroatoms. The van der Waals surface area contributed by atoms with Gasteiger partial charge in [-0.15, -0.1) is 0 Å². The maximum Gasteiger partial charge on any atom is 0.201 e. The van der Waals surface area contributed by atoms with E-state index in [9.17, 15) is 0 Å². The lowest BCUT2D eigenvalue weighted by molar-refractivity contribution is -0.118. The molecule has 2 nitrogen and oxygen atoms in total. The highest BCUT2D eigenvalue weighted by Crippen LogP contribution is 2.33. The SMILES string of the molecule is CCCC(C(C)C)C1C=CC(OC(OC)C(C)C)=CC1. The molecule has 1 aliphatic carbocycles. The maximum atomic E-state index is 5.90. The zero-order valence-electron chi connectivity index (χ0n) is 14.1. The smallest absolute Gasteiger partial charge is 0.201 e. The second kappa shape index (κ2) is 8.51. The van der Waals surface area contributed by atoms with Gasteiger partial charge in [-0.1, -0.05) is 47.1 Å². The summed E-state index contributed by atoms with van der Waals surface area (Å²) in [5.41, 5.74) is 0. The van der Waals surface area contributed by atoms with Crippen LogP contribution in [0.4, 0.5) is 0 Å². The minimum Gasteiger partial charge on any atom is -0.465 e. The van der Waals surface area contributed by atoms with Crippen LogP contribution in [-0.2, 0) is 9.47 Å². The number of methoxy groups -OCH3 is 1. The van der Waals surface area contributed by atoms with Crippen LogP contribution in [0.15, 0.2) is 24.0 Å². The van der Waals surface area contributed by atoms with Crippen LogP contribution in [0.2, 0.25) is 0 Å². The monoisotopic (exact) mass is 280 g/mol. The van der Waals surface area contributed by atoms with Gasteiger partial charge in [0.05, 0.1) is 0 Å². The number of hydrogen-bond acceptors (Lipinski definition) is 2. The highest BCUT2D eigenvalue weighted by Gasteiger charge is 2.24. The van der Waals surface area contributed by atoms with Crippen LogP contribution < -0.4 is 0 Å². The Labute approximate surface area is 125 Å². The minimum absolute atomic E-state index is 0.154. The van der Waals surface area contributed by atoms with E-state index in [-0.39, 0.29) is 6.29 Å². The van der Waals surface area contributed by atoms with E-state index in [4.69, 9.17) is 9.47 Å². The molecule has 116 valence electrons. The van der Waals surface area contributed by atoms with Crippen molar-refractivity contribution in [3.63, 3.8) is 0 Å². The van der Waals surface area contributed by atoms with E-state index in [2.05, 4.69) is 52.8 Å². The van der Waals surface area contributed by atoms with Crippen molar-refractivity contribution >= 4 is 0 Å². The van der Waals surface area contributed by atoms with Crippen molar-refractivity contribution in [2.75, 3.05) is 7.11 Å². The first-order valence-electron chi connectivity index (χ1n) is 8.07. The van der Waals surface area contributed by atoms with Gasteiger partial charge in [0.1, 0.15) is 5.76 Å². The fourth-order valence-corrected chi connectivity index (χ4v) is 2.99. The number of allylic oxidation sites excluding steroid dienone is 3. The minimum atomic E-state index is -0.154. The van der Waals surface area contributed by atoms with Crippen LogP contribution in [0.3, 0.4) is 0 Å². The van der Waals surface area contributed by atoms with Gasteiger partial charge in [0.15, 0.2) is 0 Å². The van der Waals surface area contributed by atoms with E-state index in [1.54, 1.807) is 7.11 Å². The summed E-state index contributed by atoms with van der Waals surface area (Å²) in [4.78, 5) is 0. The molecule has 0 aliphatic heterocycles. The third-order valence-corrected chi connectivity index (χ3v) is 4.16. The molecule has 0 fully saturated rings. The van der Waals surface area contributed by atoms with Gasteiger partial charge in [0.2, 0.25) is 6.29 Å². The Kier molecular flexibility index (Phi) is 7.36. The molecule has 20 heavy (non-hydrogen) atoms. The summed E-state index contributed by atoms with van der Waals surface area (Å²) in [5, 5.41) is 0. The molecule has 0 aromatic carbocycles. The fraction of sp³-hybridized carbons (Fsp3) is 0.778. The van der Waals surface area contributed by atoms with Crippen molar-refractivity contribution < 1.29 is 9.47 Å². The Balaban J connectivity index is 2.58. The molecule has 0 spiro atoms. The molecule has 0 bridgehead atoms. The van der Waals surface area contributed by atoms with Crippen LogP contribution >= 0.6 is 0 Å². The summed E-state index contributed by atoms with van der Waals surface area (Å²) in [6.45, 7) is 11.2. The third-order valence-electron chi connectivity index (χ3n) is 4.16. The number of ether oxygens (including phenoxy) is 2. The molecule has 0 saturated carbocycles. The Morgan fingerprint density at radius 1 is 1.20 bits per heavy atom. The van der Waals surface area contributed by atoms with Crippen molar-refractivity contribution in [3.05, 3.63) is 24.0 Å². The molecule has 1 rings (SSSR count). The second-order valence-electron chi connectivity index (χ2n) is 6.53. The van der Waals surface area contributed by atoms with Crippen molar-refractivity contribution in [1.82, 2.24) is 0 Å². The summed E-state index contributed by atoms with van der Waals surface area (Å²) >= 11 is 0. The lowest BCUT2D eigenvalue weighted by atomic mass is 9.77. The van der Waals surface area contributed by atoms with E-state index in [1.165, 1.54) is 12.8 Å². The Bertz CT molecular complexity index is 328. The van der Waals surface area contributed by atoms with Crippen molar-refractivity contribution in [1.29, 1.82) is 0 Å². The van der Waals surface area contributed by atoms with Gasteiger partial charge in [-0.2, -0.15) is 0 Å². The van der Waals surface area contributed by atoms with Crippen LogP contribution in [0.5, 0.6) is 0 Å². The fourth-order valence-electron chi connectivity index (χ4n) is 2.99. The van der Waals surface area contributed by atoms with Crippen molar-refractivity contribution in [2.24, 2.45) is 23.7 Å². The van der Waals surface area contributed by atoms with Crippen LogP contribution in [-0.4, -0.2) is 13.4 Å². The first kappa shape index (κ1) is 17.3. The van der Waals surface area contributed by atoms with E-state index in [0.717, 1.165) is 24.0 Å². The first-order chi connectivity index (χ1) is 9.49. The summed E-state index contributed by atoms with van der Waals surface area (Å²) in [5.74, 6) is 3.49. The van der Waals surface area contributed by atoms with E-state index < -0.39 is 0 Å². The highest BCUT2D eigenvalue weighted by molar-refractivity contribution is 5.19. The summed E-state index contributed by atoms with van der Waals surface area (Å²) in [7, 11) is 1.70. The van der Waals surface area contributed by atoms with Gasteiger partial charge in [-0.25, -0.2) is 0 Å². The Morgan fingerprint density at radius 3 is 2.30 bits per heavy atom. The number of hydrogen-bond donors (Lipinski definition) is 0. The van der Waals surface area contributed by atoms with Crippen LogP contribution in [0.1, 0.15) is 53.9 Å². The molecule has 0 N–H and O–H groups in total. The predicted octanol–water partition coefficient (Wildman–Crippen LogP) is 5.16. The topological polar surface area (TPSA) is 18.5 Å². The zero-order valence-corrected chi connectivity index (χ0v) is 14.1. The lowest BCUT2D eigenvalue weighted by Gasteiger charge is -2.30. The van der Waals surface area contributed by atoms with E-state index >= 15 is 0 Å². The molecule has 0 saturated heterocycles. The van der Waals surface area contributed by atoms with Gasteiger partial charge in [-0.05, 0) is 42.7 Å². The largest absolute Gasteiger partial charge is 0.465 e. The maximum absolute atomic E-state index is 5.90. The molecule has 1 aliphatic rings. The molecule has 0 aromatic rings. The first-order valence-corrected chi connectivity index (χ1v) is 8.07. The van der Waals surface area contributed by atoms with Crippen molar-refractivity contribution in [2.45, 2.75) is 60.2 Å². The molecule has 0 heterocycles. The molecule has 3 atom stereocenters. The van der Waals surface area contributed by atoms with Gasteiger partial charge in [0, 0.05) is 13.0 Å². The molecule has 3 unspecified atom stereocenters. The van der Waals surface area contributed by atoms with E-state index in [1.807, 2.05) is 0 Å². The number of rotatable bonds is 8. The molecule has 0 amide bonds. The van der Waals surface area contributed by atoms with Gasteiger partial charge < -0.3 is 9.47 Å². The van der Waals surface area contributed by atoms with Crippen LogP contribution in [0, 0.1) is 23.7 Å². The Hall–Kier alpha value is -0.760. The van der Waals surface area contributed by atoms with Crippen LogP contribution in [0.25, 0.3) is 0 Å². The summed E-state index contributed by atoms with van der Waals surface area (Å²) in [6, 6.07) is 0. The van der Waals surface area contributed by atoms with Gasteiger partial charge in [0.25, 0.3) is 0 Å². The molecular formula is C18H32O2. The highest BCUT2D eigenvalue weighted by atomic mass is 16.7. The Morgan fingerprint density at radius 2 is 1.90 bits per heavy atom. The van der Waals surface area contributed by atoms with Gasteiger partial charge in [-0.3, -0.25) is 0 Å². The lowest BCUT2D eigenvalue weighted by Crippen LogP contribution is -2.23. The van der Waals surface area contributed by atoms with Crippen molar-refractivity contribution in [3.8, 4) is 0 Å². The quantitative estimate of drug-likeness (QED) is 0.571. The van der Waals surface area contributed by atoms with E-state index in [0.29, 0.717) is 11.8 Å². The normalized spacial score (nSPS) is 22.0. The third kappa shape index (κ3) is 4.97. The second-order valence-corrected chi connectivity index (χ2v) is 6.53. The average molecular weight is 280 g/mol. The molecule has 0 aromatic heterocycles. The summed E-state index contributed by atoms with van der Waals surface area (Å²) in [6.07, 6.45) is 10.2. The zero-order chi connectivity index (χ0) is 15.1. The standard InChI is InChI=1S/C18H32O2/c1-7-8-17(13(2)3)15-9-11-16(12-10-15)20-18(19-6)14(4)5/h9,11-15,17-18H,7-8,10H2,1-6H3. The predicted molar refractivity (Wildman–Crippen MR) is 85.3 cm³/mol. The molecular weight excluding hydrogens is 248 g/mol. The summed E-state index contributed by atoms with van der Waals surface area (Å²) < 4.78 is 11.3. The average Bonchev–Trinajstić information content (AvgIpc) is 2.42. The van der Waals surface area contributed by atoms with Gasteiger partial charge >= 0.3 is 0 Å². The molecule has 0 radical (unpaired) electrons.